The maximum Gasteiger partial charge on any atom is 0.155 e. The Morgan fingerprint density at radius 3 is 2.69 bits per heavy atom. The maximum absolute atomic E-state index is 9.39. The summed E-state index contributed by atoms with van der Waals surface area (Å²) in [4.78, 5) is 4.45. The lowest BCUT2D eigenvalue weighted by molar-refractivity contribution is 0.302. The third kappa shape index (κ3) is 2.90. The SMILES string of the molecule is OCC#Cc1ccc2c(=NO)cc(-c3cc4ccccc4cn3)oc2c1. The lowest BCUT2D eigenvalue weighted by Gasteiger charge is -2.05. The van der Waals surface area contributed by atoms with Gasteiger partial charge in [0.05, 0.1) is 0 Å². The molecule has 0 aliphatic rings. The Hall–Kier alpha value is -3.62. The molecule has 0 unspecified atom stereocenters. The normalized spacial score (nSPS) is 11.5. The predicted molar refractivity (Wildman–Crippen MR) is 98.3 cm³/mol. The van der Waals surface area contributed by atoms with Crippen LogP contribution in [0.3, 0.4) is 0 Å². The summed E-state index contributed by atoms with van der Waals surface area (Å²) in [7, 11) is 0. The Balaban J connectivity index is 1.93. The molecule has 0 spiro atoms. The number of benzene rings is 2. The van der Waals surface area contributed by atoms with Crippen LogP contribution in [0.2, 0.25) is 0 Å². The molecule has 0 atom stereocenters. The van der Waals surface area contributed by atoms with Crippen molar-refractivity contribution in [3.05, 3.63) is 71.7 Å². The van der Waals surface area contributed by atoms with Crippen molar-refractivity contribution in [3.63, 3.8) is 0 Å². The van der Waals surface area contributed by atoms with Crippen LogP contribution >= 0.6 is 0 Å². The van der Waals surface area contributed by atoms with Gasteiger partial charge in [-0.25, -0.2) is 0 Å². The lowest BCUT2D eigenvalue weighted by atomic mass is 10.1. The van der Waals surface area contributed by atoms with Crippen molar-refractivity contribution in [1.82, 2.24) is 4.98 Å². The fourth-order valence-electron chi connectivity index (χ4n) is 2.81. The van der Waals surface area contributed by atoms with Crippen LogP contribution in [0.25, 0.3) is 33.2 Å². The van der Waals surface area contributed by atoms with E-state index < -0.39 is 0 Å². The van der Waals surface area contributed by atoms with E-state index in [2.05, 4.69) is 22.0 Å². The number of aliphatic hydroxyl groups excluding tert-OH is 1. The second-order valence-corrected chi connectivity index (χ2v) is 5.68. The van der Waals surface area contributed by atoms with Crippen LogP contribution in [-0.4, -0.2) is 21.9 Å². The number of aromatic nitrogens is 1. The van der Waals surface area contributed by atoms with Crippen LogP contribution in [-0.2, 0) is 0 Å². The highest BCUT2D eigenvalue weighted by molar-refractivity contribution is 5.85. The number of rotatable bonds is 1. The van der Waals surface area contributed by atoms with E-state index in [0.29, 0.717) is 33.3 Å². The molecule has 5 nitrogen and oxygen atoms in total. The van der Waals surface area contributed by atoms with Crippen molar-refractivity contribution < 1.29 is 14.7 Å². The summed E-state index contributed by atoms with van der Waals surface area (Å²) in [5.74, 6) is 5.93. The van der Waals surface area contributed by atoms with Crippen molar-refractivity contribution >= 4 is 21.7 Å². The van der Waals surface area contributed by atoms with Crippen molar-refractivity contribution in [1.29, 1.82) is 0 Å². The Morgan fingerprint density at radius 2 is 1.88 bits per heavy atom. The summed E-state index contributed by atoms with van der Waals surface area (Å²) in [6.45, 7) is -0.215. The summed E-state index contributed by atoms with van der Waals surface area (Å²) in [5.41, 5.74) is 1.86. The van der Waals surface area contributed by atoms with Crippen LogP contribution in [0.5, 0.6) is 0 Å². The number of hydrogen-bond acceptors (Lipinski definition) is 5. The van der Waals surface area contributed by atoms with Crippen molar-refractivity contribution in [3.8, 4) is 23.3 Å². The summed E-state index contributed by atoms with van der Waals surface area (Å²) in [6.07, 6.45) is 1.78. The van der Waals surface area contributed by atoms with Gasteiger partial charge in [0.15, 0.2) is 5.76 Å². The zero-order valence-electron chi connectivity index (χ0n) is 13.7. The minimum Gasteiger partial charge on any atom is -0.454 e. The second-order valence-electron chi connectivity index (χ2n) is 5.68. The molecule has 5 heteroatoms. The molecule has 0 amide bonds. The van der Waals surface area contributed by atoms with Crippen LogP contribution in [0.1, 0.15) is 5.56 Å². The van der Waals surface area contributed by atoms with Crippen molar-refractivity contribution in [2.24, 2.45) is 5.16 Å². The molecule has 0 aliphatic heterocycles. The van der Waals surface area contributed by atoms with Gasteiger partial charge in [0.25, 0.3) is 0 Å². The second kappa shape index (κ2) is 6.71. The molecule has 2 aromatic heterocycles. The van der Waals surface area contributed by atoms with Gasteiger partial charge in [0, 0.05) is 28.6 Å². The molecule has 0 saturated heterocycles. The molecule has 2 heterocycles. The number of nitrogens with zero attached hydrogens (tertiary/aromatic N) is 2. The minimum absolute atomic E-state index is 0.215. The van der Waals surface area contributed by atoms with E-state index in [1.54, 1.807) is 30.5 Å². The molecule has 2 aromatic carbocycles. The Bertz CT molecular complexity index is 1250. The molecule has 0 saturated carbocycles. The first-order valence-electron chi connectivity index (χ1n) is 7.99. The van der Waals surface area contributed by atoms with Crippen LogP contribution in [0.15, 0.2) is 70.4 Å². The Morgan fingerprint density at radius 1 is 1.04 bits per heavy atom. The van der Waals surface area contributed by atoms with Gasteiger partial charge in [-0.2, -0.15) is 0 Å². The smallest absolute Gasteiger partial charge is 0.155 e. The first-order valence-corrected chi connectivity index (χ1v) is 7.99. The predicted octanol–water partition coefficient (Wildman–Crippen LogP) is 3.28. The quantitative estimate of drug-likeness (QED) is 0.316. The topological polar surface area (TPSA) is 78.9 Å². The third-order valence-electron chi connectivity index (χ3n) is 4.05. The monoisotopic (exact) mass is 342 g/mol. The van der Waals surface area contributed by atoms with E-state index in [1.807, 2.05) is 30.3 Å². The minimum atomic E-state index is -0.215. The maximum atomic E-state index is 9.39. The van der Waals surface area contributed by atoms with Crippen molar-refractivity contribution in [2.45, 2.75) is 0 Å². The van der Waals surface area contributed by atoms with Crippen LogP contribution < -0.4 is 5.36 Å². The fourth-order valence-corrected chi connectivity index (χ4v) is 2.81. The molecule has 4 rings (SSSR count). The summed E-state index contributed by atoms with van der Waals surface area (Å²) in [6, 6.07) is 16.8. The van der Waals surface area contributed by atoms with Gasteiger partial charge < -0.3 is 14.7 Å². The fraction of sp³-hybridized carbons (Fsp3) is 0.0476. The van der Waals surface area contributed by atoms with E-state index in [0.717, 1.165) is 10.8 Å². The molecule has 0 fully saturated rings. The standard InChI is InChI=1S/C21H14N2O3/c24-9-3-4-14-7-8-17-18(23-25)12-21(26-20(17)10-14)19-11-15-5-1-2-6-16(15)13-22-19/h1-2,5-8,10-13,24-25H,9H2. The number of fused-ring (bicyclic) bond motifs is 2. The lowest BCUT2D eigenvalue weighted by Crippen LogP contribution is -2.04. The largest absolute Gasteiger partial charge is 0.454 e. The van der Waals surface area contributed by atoms with Gasteiger partial charge >= 0.3 is 0 Å². The highest BCUT2D eigenvalue weighted by atomic mass is 16.4. The molecule has 0 bridgehead atoms. The summed E-state index contributed by atoms with van der Waals surface area (Å²) < 4.78 is 6.00. The van der Waals surface area contributed by atoms with Gasteiger partial charge in [-0.1, -0.05) is 41.3 Å². The van der Waals surface area contributed by atoms with Crippen LogP contribution in [0, 0.1) is 11.8 Å². The summed E-state index contributed by atoms with van der Waals surface area (Å²) in [5, 5.41) is 24.7. The van der Waals surface area contributed by atoms with E-state index in [-0.39, 0.29) is 6.61 Å². The van der Waals surface area contributed by atoms with Gasteiger partial charge in [0.2, 0.25) is 0 Å². The summed E-state index contributed by atoms with van der Waals surface area (Å²) >= 11 is 0. The molecule has 126 valence electrons. The highest BCUT2D eigenvalue weighted by Gasteiger charge is 2.09. The first-order chi connectivity index (χ1) is 12.8. The molecular formula is C21H14N2O3. The zero-order chi connectivity index (χ0) is 17.9. The number of hydrogen-bond donors (Lipinski definition) is 2. The molecule has 0 aliphatic carbocycles. The molecule has 0 radical (unpaired) electrons. The highest BCUT2D eigenvalue weighted by Crippen LogP contribution is 2.24. The third-order valence-corrected chi connectivity index (χ3v) is 4.05. The van der Waals surface area contributed by atoms with Gasteiger partial charge in [-0.05, 0) is 29.7 Å². The molecule has 4 aromatic rings. The van der Waals surface area contributed by atoms with Gasteiger partial charge in [-0.3, -0.25) is 4.98 Å². The van der Waals surface area contributed by atoms with Gasteiger partial charge in [-0.15, -0.1) is 0 Å². The number of pyridine rings is 1. The molecule has 26 heavy (non-hydrogen) atoms. The van der Waals surface area contributed by atoms with Gasteiger partial charge in [0.1, 0.15) is 23.2 Å². The average Bonchev–Trinajstić information content (AvgIpc) is 2.70. The molecule has 2 N–H and O–H groups in total. The average molecular weight is 342 g/mol. The van der Waals surface area contributed by atoms with E-state index in [4.69, 9.17) is 9.52 Å². The van der Waals surface area contributed by atoms with E-state index >= 15 is 0 Å². The van der Waals surface area contributed by atoms with Crippen molar-refractivity contribution in [2.75, 3.05) is 6.61 Å². The Labute approximate surface area is 148 Å². The Kier molecular flexibility index (Phi) is 4.10. The van der Waals surface area contributed by atoms with E-state index in [1.165, 1.54) is 0 Å². The molecular weight excluding hydrogens is 328 g/mol. The number of aliphatic hydroxyl groups is 1. The first kappa shape index (κ1) is 15.9. The van der Waals surface area contributed by atoms with Crippen LogP contribution in [0.4, 0.5) is 0 Å². The van der Waals surface area contributed by atoms with E-state index in [9.17, 15) is 5.21 Å². The zero-order valence-corrected chi connectivity index (χ0v) is 13.7.